The van der Waals surface area contributed by atoms with E-state index in [1.165, 1.54) is 18.2 Å². The van der Waals surface area contributed by atoms with Crippen molar-refractivity contribution in [2.75, 3.05) is 12.3 Å². The standard InChI is InChI=1S/C10H14N2O3/c1-6(13)5-12-10(15)7-2-3-8(11)9(14)4-7/h2-4,6,13-14H,5,11H2,1H3,(H,12,15)/t6-/m0/s1. The molecule has 5 N–H and O–H groups in total. The van der Waals surface area contributed by atoms with Gasteiger partial charge in [-0.15, -0.1) is 0 Å². The van der Waals surface area contributed by atoms with E-state index >= 15 is 0 Å². The Morgan fingerprint density at radius 1 is 1.60 bits per heavy atom. The first-order valence-electron chi connectivity index (χ1n) is 4.55. The van der Waals surface area contributed by atoms with Crippen molar-refractivity contribution < 1.29 is 15.0 Å². The lowest BCUT2D eigenvalue weighted by atomic mass is 10.2. The number of anilines is 1. The largest absolute Gasteiger partial charge is 0.506 e. The van der Waals surface area contributed by atoms with Crippen LogP contribution in [0.2, 0.25) is 0 Å². The minimum atomic E-state index is -0.601. The highest BCUT2D eigenvalue weighted by Gasteiger charge is 2.08. The second-order valence-corrected chi connectivity index (χ2v) is 3.33. The molecule has 0 unspecified atom stereocenters. The van der Waals surface area contributed by atoms with Gasteiger partial charge in [-0.2, -0.15) is 0 Å². The topological polar surface area (TPSA) is 95.6 Å². The lowest BCUT2D eigenvalue weighted by Crippen LogP contribution is -2.30. The third kappa shape index (κ3) is 3.14. The molecule has 1 amide bonds. The number of nitrogens with one attached hydrogen (secondary N) is 1. The van der Waals surface area contributed by atoms with E-state index in [0.717, 1.165) is 0 Å². The van der Waals surface area contributed by atoms with Gasteiger partial charge in [-0.1, -0.05) is 0 Å². The van der Waals surface area contributed by atoms with Crippen LogP contribution in [0.4, 0.5) is 5.69 Å². The van der Waals surface area contributed by atoms with Gasteiger partial charge in [-0.05, 0) is 25.1 Å². The molecule has 0 fully saturated rings. The summed E-state index contributed by atoms with van der Waals surface area (Å²) in [4.78, 5) is 11.4. The van der Waals surface area contributed by atoms with Crippen molar-refractivity contribution in [3.63, 3.8) is 0 Å². The van der Waals surface area contributed by atoms with E-state index in [0.29, 0.717) is 5.56 Å². The highest BCUT2D eigenvalue weighted by Crippen LogP contribution is 2.20. The van der Waals surface area contributed by atoms with Crippen LogP contribution in [0, 0.1) is 0 Å². The predicted molar refractivity (Wildman–Crippen MR) is 56.5 cm³/mol. The smallest absolute Gasteiger partial charge is 0.251 e. The molecule has 15 heavy (non-hydrogen) atoms. The van der Waals surface area contributed by atoms with Crippen LogP contribution < -0.4 is 11.1 Å². The number of nitrogen functional groups attached to an aromatic ring is 1. The molecule has 0 aliphatic heterocycles. The summed E-state index contributed by atoms with van der Waals surface area (Å²) in [5.74, 6) is -0.481. The van der Waals surface area contributed by atoms with Gasteiger partial charge in [-0.3, -0.25) is 4.79 Å². The first-order valence-corrected chi connectivity index (χ1v) is 4.55. The van der Waals surface area contributed by atoms with Crippen molar-refractivity contribution in [1.82, 2.24) is 5.32 Å². The summed E-state index contributed by atoms with van der Waals surface area (Å²) in [7, 11) is 0. The number of carbonyl (C=O) groups is 1. The third-order valence-corrected chi connectivity index (χ3v) is 1.85. The molecule has 0 aromatic heterocycles. The molecule has 0 saturated carbocycles. The van der Waals surface area contributed by atoms with Gasteiger partial charge < -0.3 is 21.3 Å². The molecule has 0 spiro atoms. The maximum absolute atomic E-state index is 11.4. The fourth-order valence-corrected chi connectivity index (χ4v) is 1.03. The van der Waals surface area contributed by atoms with Crippen LogP contribution in [0.15, 0.2) is 18.2 Å². The number of phenols is 1. The molecule has 5 heteroatoms. The van der Waals surface area contributed by atoms with E-state index in [4.69, 9.17) is 10.8 Å². The van der Waals surface area contributed by atoms with Crippen LogP contribution in [0.1, 0.15) is 17.3 Å². The number of amides is 1. The van der Waals surface area contributed by atoms with Crippen molar-refractivity contribution in [3.05, 3.63) is 23.8 Å². The summed E-state index contributed by atoms with van der Waals surface area (Å²) in [6.45, 7) is 1.74. The number of rotatable bonds is 3. The minimum Gasteiger partial charge on any atom is -0.506 e. The molecule has 5 nitrogen and oxygen atoms in total. The fourth-order valence-electron chi connectivity index (χ4n) is 1.03. The van der Waals surface area contributed by atoms with E-state index < -0.39 is 6.10 Å². The average molecular weight is 210 g/mol. The van der Waals surface area contributed by atoms with E-state index in [1.807, 2.05) is 0 Å². The number of aliphatic hydroxyl groups is 1. The zero-order valence-electron chi connectivity index (χ0n) is 8.40. The summed E-state index contributed by atoms with van der Waals surface area (Å²) in [6, 6.07) is 4.24. The van der Waals surface area contributed by atoms with Gasteiger partial charge in [0, 0.05) is 12.1 Å². The number of benzene rings is 1. The van der Waals surface area contributed by atoms with Crippen molar-refractivity contribution in [2.45, 2.75) is 13.0 Å². The number of hydrogen-bond donors (Lipinski definition) is 4. The Labute approximate surface area is 87.5 Å². The van der Waals surface area contributed by atoms with Gasteiger partial charge >= 0.3 is 0 Å². The molecule has 0 heterocycles. The second-order valence-electron chi connectivity index (χ2n) is 3.33. The van der Waals surface area contributed by atoms with Crippen LogP contribution in [-0.2, 0) is 0 Å². The molecular weight excluding hydrogens is 196 g/mol. The Morgan fingerprint density at radius 2 is 2.27 bits per heavy atom. The molecule has 82 valence electrons. The van der Waals surface area contributed by atoms with Crippen LogP contribution in [0.3, 0.4) is 0 Å². The zero-order valence-corrected chi connectivity index (χ0v) is 8.40. The molecule has 0 bridgehead atoms. The maximum atomic E-state index is 11.4. The third-order valence-electron chi connectivity index (χ3n) is 1.85. The SMILES string of the molecule is C[C@H](O)CNC(=O)c1ccc(N)c(O)c1. The monoisotopic (exact) mass is 210 g/mol. The fraction of sp³-hybridized carbons (Fsp3) is 0.300. The zero-order chi connectivity index (χ0) is 11.4. The molecule has 1 rings (SSSR count). The highest BCUT2D eigenvalue weighted by atomic mass is 16.3. The van der Waals surface area contributed by atoms with Crippen LogP contribution >= 0.6 is 0 Å². The molecule has 0 aliphatic rings. The van der Waals surface area contributed by atoms with Gasteiger partial charge in [0.2, 0.25) is 0 Å². The van der Waals surface area contributed by atoms with Crippen molar-refractivity contribution in [3.8, 4) is 5.75 Å². The minimum absolute atomic E-state index is 0.125. The van der Waals surface area contributed by atoms with Gasteiger partial charge in [0.15, 0.2) is 0 Å². The quantitative estimate of drug-likeness (QED) is 0.420. The number of carbonyl (C=O) groups excluding carboxylic acids is 1. The summed E-state index contributed by atoms with van der Waals surface area (Å²) in [5.41, 5.74) is 5.92. The molecule has 0 saturated heterocycles. The Morgan fingerprint density at radius 3 is 2.80 bits per heavy atom. The lowest BCUT2D eigenvalue weighted by molar-refractivity contribution is 0.0923. The molecule has 0 radical (unpaired) electrons. The molecule has 1 aromatic rings. The maximum Gasteiger partial charge on any atom is 0.251 e. The Bertz CT molecular complexity index is 364. The van der Waals surface area contributed by atoms with Gasteiger partial charge in [-0.25, -0.2) is 0 Å². The summed E-state index contributed by atoms with van der Waals surface area (Å²) in [5, 5.41) is 20.7. The van der Waals surface area contributed by atoms with Crippen LogP contribution in [-0.4, -0.2) is 28.8 Å². The lowest BCUT2D eigenvalue weighted by Gasteiger charge is -2.07. The molecule has 1 aromatic carbocycles. The Kier molecular flexibility index (Phi) is 3.51. The number of nitrogens with two attached hydrogens (primary N) is 1. The number of aromatic hydroxyl groups is 1. The van der Waals surface area contributed by atoms with Crippen LogP contribution in [0.25, 0.3) is 0 Å². The normalized spacial score (nSPS) is 12.1. The Balaban J connectivity index is 2.70. The van der Waals surface area contributed by atoms with Crippen molar-refractivity contribution in [1.29, 1.82) is 0 Å². The number of phenolic OH excluding ortho intramolecular Hbond substituents is 1. The molecular formula is C10H14N2O3. The average Bonchev–Trinajstić information content (AvgIpc) is 2.18. The van der Waals surface area contributed by atoms with Crippen molar-refractivity contribution >= 4 is 11.6 Å². The van der Waals surface area contributed by atoms with Crippen LogP contribution in [0.5, 0.6) is 5.75 Å². The van der Waals surface area contributed by atoms with Gasteiger partial charge in [0.25, 0.3) is 5.91 Å². The number of aliphatic hydroxyl groups excluding tert-OH is 1. The second kappa shape index (κ2) is 4.65. The first-order chi connectivity index (χ1) is 7.00. The molecule has 0 aliphatic carbocycles. The van der Waals surface area contributed by atoms with E-state index in [2.05, 4.69) is 5.32 Å². The summed E-state index contributed by atoms with van der Waals surface area (Å²) < 4.78 is 0. The molecule has 1 atom stereocenters. The first kappa shape index (κ1) is 11.3. The van der Waals surface area contributed by atoms with E-state index in [1.54, 1.807) is 6.92 Å². The highest BCUT2D eigenvalue weighted by molar-refractivity contribution is 5.95. The van der Waals surface area contributed by atoms with Gasteiger partial charge in [0.05, 0.1) is 11.8 Å². The van der Waals surface area contributed by atoms with Gasteiger partial charge in [0.1, 0.15) is 5.75 Å². The summed E-state index contributed by atoms with van der Waals surface area (Å²) in [6.07, 6.45) is -0.601. The van der Waals surface area contributed by atoms with E-state index in [9.17, 15) is 9.90 Å². The Hall–Kier alpha value is -1.75. The van der Waals surface area contributed by atoms with Crippen molar-refractivity contribution in [2.24, 2.45) is 0 Å². The predicted octanol–water partition coefficient (Wildman–Crippen LogP) is 0.0850. The van der Waals surface area contributed by atoms with E-state index in [-0.39, 0.29) is 23.9 Å². The number of hydrogen-bond acceptors (Lipinski definition) is 4. The summed E-state index contributed by atoms with van der Waals surface area (Å²) >= 11 is 0.